The maximum atomic E-state index is 14.5. The number of halogens is 1. The number of para-hydroxylation sites is 1. The van der Waals surface area contributed by atoms with Crippen molar-refractivity contribution in [3.63, 3.8) is 0 Å². The van der Waals surface area contributed by atoms with Gasteiger partial charge in [0.15, 0.2) is 0 Å². The van der Waals surface area contributed by atoms with E-state index in [9.17, 15) is 9.59 Å². The monoisotopic (exact) mass is 608 g/mol. The molecule has 1 heterocycles. The molecule has 0 spiro atoms. The highest BCUT2D eigenvalue weighted by Crippen LogP contribution is 2.63. The fourth-order valence-corrected chi connectivity index (χ4v) is 7.60. The summed E-state index contributed by atoms with van der Waals surface area (Å²) in [4.78, 5) is 35.3. The number of imide groups is 1. The average Bonchev–Trinajstić information content (AvgIpc) is 3.19. The van der Waals surface area contributed by atoms with Crippen LogP contribution in [0.2, 0.25) is 0 Å². The maximum absolute atomic E-state index is 14.5. The van der Waals surface area contributed by atoms with E-state index >= 15 is 0 Å². The molecule has 0 N–H and O–H groups in total. The number of carbonyl (C=O) groups is 2. The van der Waals surface area contributed by atoms with Gasteiger partial charge in [-0.1, -0.05) is 78.4 Å². The number of anilines is 1. The number of aliphatic imine (C=N–C) groups is 1. The van der Waals surface area contributed by atoms with Gasteiger partial charge in [0.2, 0.25) is 11.8 Å². The van der Waals surface area contributed by atoms with E-state index in [4.69, 9.17) is 4.99 Å². The topological polar surface area (TPSA) is 49.7 Å². The van der Waals surface area contributed by atoms with Crippen molar-refractivity contribution >= 4 is 52.0 Å². The summed E-state index contributed by atoms with van der Waals surface area (Å²) >= 11 is 2.29. The number of hydrogen-bond acceptors (Lipinski definition) is 3. The Morgan fingerprint density at radius 2 is 1.45 bits per heavy atom. The van der Waals surface area contributed by atoms with Crippen molar-refractivity contribution in [3.05, 3.63) is 128 Å². The SMILES string of the molecule is Cc1ccc(N2C(=O)[C@@H]3C4c5ccccc5C(C=Nc5ccccc5I)(c5ccccc54)[C@@H]3C2=O)c(C)c1. The zero-order valence-corrected chi connectivity index (χ0v) is 23.2. The van der Waals surface area contributed by atoms with Crippen molar-refractivity contribution in [3.8, 4) is 0 Å². The number of aryl methyl sites for hydroxylation is 2. The summed E-state index contributed by atoms with van der Waals surface area (Å²) in [5, 5.41) is 0. The van der Waals surface area contributed by atoms with Crippen molar-refractivity contribution in [1.82, 2.24) is 0 Å². The first kappa shape index (κ1) is 23.5. The molecule has 4 aliphatic rings. The number of hydrogen-bond donors (Lipinski definition) is 0. The lowest BCUT2D eigenvalue weighted by atomic mass is 9.47. The Balaban J connectivity index is 1.52. The molecule has 0 radical (unpaired) electrons. The molecule has 0 saturated carbocycles. The average molecular weight is 608 g/mol. The standard InChI is InChI=1S/C33H25IN2O2/c1-19-15-16-27(20(2)17-19)36-31(37)29-28-21-9-3-5-11-23(21)33(30(29)32(36)38,24-12-6-4-10-22(24)28)18-35-26-14-8-7-13-25(26)34/h3-18,28-30H,1-2H3/t28?,29-,30+,33?/m1/s1. The lowest BCUT2D eigenvalue weighted by Gasteiger charge is -2.52. The quantitative estimate of drug-likeness (QED) is 0.145. The summed E-state index contributed by atoms with van der Waals surface area (Å²) in [6, 6.07) is 30.5. The molecule has 4 aromatic carbocycles. The first-order valence-electron chi connectivity index (χ1n) is 12.9. The van der Waals surface area contributed by atoms with Gasteiger partial charge in [-0.2, -0.15) is 0 Å². The van der Waals surface area contributed by atoms with Crippen LogP contribution in [0.3, 0.4) is 0 Å². The summed E-state index contributed by atoms with van der Waals surface area (Å²) in [6.45, 7) is 3.99. The molecule has 0 unspecified atom stereocenters. The predicted molar refractivity (Wildman–Crippen MR) is 158 cm³/mol. The minimum Gasteiger partial charge on any atom is -0.274 e. The second-order valence-corrected chi connectivity index (χ2v) is 11.7. The van der Waals surface area contributed by atoms with Crippen LogP contribution in [0, 0.1) is 29.3 Å². The zero-order chi connectivity index (χ0) is 26.2. The van der Waals surface area contributed by atoms with Crippen LogP contribution in [0.5, 0.6) is 0 Å². The van der Waals surface area contributed by atoms with Gasteiger partial charge in [-0.3, -0.25) is 14.6 Å². The van der Waals surface area contributed by atoms with Gasteiger partial charge in [-0.05, 0) is 82.5 Å². The first-order valence-corrected chi connectivity index (χ1v) is 13.9. The molecule has 1 aliphatic heterocycles. The Hall–Kier alpha value is -3.58. The molecular weight excluding hydrogens is 583 g/mol. The van der Waals surface area contributed by atoms with Crippen LogP contribution in [0.15, 0.2) is 96.0 Å². The normalized spacial score (nSPS) is 25.0. The number of carbonyl (C=O) groups excluding carboxylic acids is 2. The minimum atomic E-state index is -0.856. The Kier molecular flexibility index (Phi) is 5.24. The van der Waals surface area contributed by atoms with E-state index < -0.39 is 17.3 Å². The van der Waals surface area contributed by atoms with Crippen LogP contribution in [0.25, 0.3) is 0 Å². The third-order valence-corrected chi connectivity index (χ3v) is 9.45. The van der Waals surface area contributed by atoms with Gasteiger partial charge in [-0.25, -0.2) is 4.90 Å². The highest BCUT2D eigenvalue weighted by Gasteiger charge is 2.68. The van der Waals surface area contributed by atoms with E-state index in [2.05, 4.69) is 46.9 Å². The molecule has 0 aromatic heterocycles. The fourth-order valence-electron chi connectivity index (χ4n) is 7.07. The summed E-state index contributed by atoms with van der Waals surface area (Å²) < 4.78 is 1.03. The highest BCUT2D eigenvalue weighted by atomic mass is 127. The summed E-state index contributed by atoms with van der Waals surface area (Å²) in [5.41, 5.74) is 7.08. The van der Waals surface area contributed by atoms with Crippen LogP contribution in [0.1, 0.15) is 39.3 Å². The lowest BCUT2D eigenvalue weighted by Crippen LogP contribution is -2.54. The molecule has 8 rings (SSSR count). The van der Waals surface area contributed by atoms with Crippen molar-refractivity contribution < 1.29 is 9.59 Å². The lowest BCUT2D eigenvalue weighted by molar-refractivity contribution is -0.122. The van der Waals surface area contributed by atoms with E-state index in [0.29, 0.717) is 5.69 Å². The van der Waals surface area contributed by atoms with Gasteiger partial charge in [0.05, 0.1) is 28.6 Å². The van der Waals surface area contributed by atoms with Crippen LogP contribution in [0.4, 0.5) is 11.4 Å². The Labute approximate surface area is 235 Å². The molecule has 38 heavy (non-hydrogen) atoms. The van der Waals surface area contributed by atoms with Crippen molar-refractivity contribution in [2.24, 2.45) is 16.8 Å². The minimum absolute atomic E-state index is 0.118. The number of amides is 2. The van der Waals surface area contributed by atoms with Crippen molar-refractivity contribution in [2.75, 3.05) is 4.90 Å². The third kappa shape index (κ3) is 3.05. The molecule has 1 saturated heterocycles. The van der Waals surface area contributed by atoms with Gasteiger partial charge in [0, 0.05) is 15.7 Å². The molecule has 3 aliphatic carbocycles. The van der Waals surface area contributed by atoms with Gasteiger partial charge < -0.3 is 0 Å². The molecule has 5 heteroatoms. The van der Waals surface area contributed by atoms with E-state index in [0.717, 1.165) is 42.6 Å². The van der Waals surface area contributed by atoms with Crippen LogP contribution < -0.4 is 4.90 Å². The number of benzene rings is 4. The molecule has 1 fully saturated rings. The number of rotatable bonds is 3. The molecule has 2 atom stereocenters. The van der Waals surface area contributed by atoms with Crippen molar-refractivity contribution in [2.45, 2.75) is 25.2 Å². The van der Waals surface area contributed by atoms with Gasteiger partial charge >= 0.3 is 0 Å². The van der Waals surface area contributed by atoms with E-state index in [1.807, 2.05) is 86.8 Å². The molecule has 186 valence electrons. The van der Waals surface area contributed by atoms with Crippen LogP contribution >= 0.6 is 22.6 Å². The van der Waals surface area contributed by atoms with E-state index in [1.165, 1.54) is 4.90 Å². The van der Waals surface area contributed by atoms with Gasteiger partial charge in [0.25, 0.3) is 0 Å². The largest absolute Gasteiger partial charge is 0.274 e. The fraction of sp³-hybridized carbons (Fsp3) is 0.182. The molecule has 2 amide bonds. The van der Waals surface area contributed by atoms with E-state index in [1.54, 1.807) is 0 Å². The smallest absolute Gasteiger partial charge is 0.239 e. The zero-order valence-electron chi connectivity index (χ0n) is 21.1. The Bertz CT molecular complexity index is 1640. The number of nitrogens with zero attached hydrogens (tertiary/aromatic N) is 2. The molecule has 4 nitrogen and oxygen atoms in total. The second-order valence-electron chi connectivity index (χ2n) is 10.5. The molecular formula is C33H25IN2O2. The highest BCUT2D eigenvalue weighted by molar-refractivity contribution is 14.1. The Morgan fingerprint density at radius 3 is 2.11 bits per heavy atom. The predicted octanol–water partition coefficient (Wildman–Crippen LogP) is 6.86. The summed E-state index contributed by atoms with van der Waals surface area (Å²) in [7, 11) is 0. The van der Waals surface area contributed by atoms with Crippen molar-refractivity contribution in [1.29, 1.82) is 0 Å². The van der Waals surface area contributed by atoms with E-state index in [-0.39, 0.29) is 17.7 Å². The summed E-state index contributed by atoms with van der Waals surface area (Å²) in [5.74, 6) is -1.50. The molecule has 4 aromatic rings. The second kappa shape index (κ2) is 8.46. The van der Waals surface area contributed by atoms with Gasteiger partial charge in [-0.15, -0.1) is 0 Å². The third-order valence-electron chi connectivity index (χ3n) is 8.54. The van der Waals surface area contributed by atoms with Crippen LogP contribution in [-0.2, 0) is 15.0 Å². The first-order chi connectivity index (χ1) is 18.4. The van der Waals surface area contributed by atoms with Crippen LogP contribution in [-0.4, -0.2) is 18.0 Å². The molecule has 2 bridgehead atoms. The van der Waals surface area contributed by atoms with Gasteiger partial charge in [0.1, 0.15) is 0 Å². The Morgan fingerprint density at radius 1 is 0.816 bits per heavy atom. The summed E-state index contributed by atoms with van der Waals surface area (Å²) in [6.07, 6.45) is 1.96. The maximum Gasteiger partial charge on any atom is 0.239 e.